The Kier molecular flexibility index (Phi) is 5.88. The van der Waals surface area contributed by atoms with Crippen LogP contribution in [0.1, 0.15) is 65.7 Å². The highest BCUT2D eigenvalue weighted by Crippen LogP contribution is 2.42. The molecule has 3 atom stereocenters. The molecule has 0 aromatic heterocycles. The monoisotopic (exact) mass is 284 g/mol. The molecule has 1 spiro atoms. The topological polar surface area (TPSA) is 38.7 Å². The number of aliphatic hydroxyl groups excluding tert-OH is 1. The van der Waals surface area contributed by atoms with E-state index in [1.165, 1.54) is 32.1 Å². The van der Waals surface area contributed by atoms with Crippen LogP contribution >= 0.6 is 0 Å². The third-order valence-electron chi connectivity index (χ3n) is 5.13. The highest BCUT2D eigenvalue weighted by molar-refractivity contribution is 4.93. The number of ether oxygens (including phenoxy) is 2. The van der Waals surface area contributed by atoms with Crippen LogP contribution < -0.4 is 0 Å². The smallest absolute Gasteiger partial charge is 0.0859 e. The van der Waals surface area contributed by atoms with Crippen molar-refractivity contribution >= 4 is 0 Å². The van der Waals surface area contributed by atoms with Crippen molar-refractivity contribution in [1.29, 1.82) is 0 Å². The van der Waals surface area contributed by atoms with E-state index in [1.54, 1.807) is 0 Å². The molecule has 2 rings (SSSR count). The van der Waals surface area contributed by atoms with Gasteiger partial charge < -0.3 is 14.6 Å². The van der Waals surface area contributed by atoms with E-state index in [-0.39, 0.29) is 17.8 Å². The Morgan fingerprint density at radius 1 is 1.25 bits per heavy atom. The van der Waals surface area contributed by atoms with Gasteiger partial charge in [-0.1, -0.05) is 33.1 Å². The summed E-state index contributed by atoms with van der Waals surface area (Å²) in [6, 6.07) is 0. The molecule has 1 saturated heterocycles. The Balaban J connectivity index is 1.99. The predicted octanol–water partition coefficient (Wildman–Crippen LogP) is 3.54. The molecule has 3 nitrogen and oxygen atoms in total. The zero-order chi connectivity index (χ0) is 14.6. The Morgan fingerprint density at radius 2 is 1.95 bits per heavy atom. The summed E-state index contributed by atoms with van der Waals surface area (Å²) in [6.45, 7) is 7.76. The van der Waals surface area contributed by atoms with Crippen molar-refractivity contribution in [3.05, 3.63) is 0 Å². The Labute approximate surface area is 124 Å². The number of aliphatic hydroxyl groups is 1. The average molecular weight is 284 g/mol. The van der Waals surface area contributed by atoms with Crippen LogP contribution in [0.25, 0.3) is 0 Å². The average Bonchev–Trinajstić information content (AvgIpc) is 2.44. The minimum atomic E-state index is -0.349. The van der Waals surface area contributed by atoms with Gasteiger partial charge in [-0.2, -0.15) is 0 Å². The van der Waals surface area contributed by atoms with Crippen LogP contribution in [-0.4, -0.2) is 36.1 Å². The molecule has 0 radical (unpaired) electrons. The van der Waals surface area contributed by atoms with E-state index in [2.05, 4.69) is 13.8 Å². The number of hydrogen-bond donors (Lipinski definition) is 1. The minimum absolute atomic E-state index is 0.0382. The highest BCUT2D eigenvalue weighted by atomic mass is 16.5. The summed E-state index contributed by atoms with van der Waals surface area (Å²) < 4.78 is 11.9. The molecule has 1 N–H and O–H groups in total. The van der Waals surface area contributed by atoms with Gasteiger partial charge in [-0.15, -0.1) is 0 Å². The molecule has 1 heterocycles. The van der Waals surface area contributed by atoms with Gasteiger partial charge in [-0.3, -0.25) is 0 Å². The summed E-state index contributed by atoms with van der Waals surface area (Å²) in [7, 11) is 0. The van der Waals surface area contributed by atoms with Gasteiger partial charge in [0, 0.05) is 13.2 Å². The van der Waals surface area contributed by atoms with Crippen LogP contribution in [0.5, 0.6) is 0 Å². The summed E-state index contributed by atoms with van der Waals surface area (Å²) in [5, 5.41) is 10.8. The first-order chi connectivity index (χ1) is 9.58. The molecule has 2 fully saturated rings. The van der Waals surface area contributed by atoms with Gasteiger partial charge in [0.25, 0.3) is 0 Å². The van der Waals surface area contributed by atoms with Gasteiger partial charge in [-0.25, -0.2) is 0 Å². The molecule has 3 unspecified atom stereocenters. The van der Waals surface area contributed by atoms with Crippen molar-refractivity contribution in [2.24, 2.45) is 11.8 Å². The molecule has 1 aliphatic carbocycles. The van der Waals surface area contributed by atoms with E-state index >= 15 is 0 Å². The van der Waals surface area contributed by atoms with E-state index in [9.17, 15) is 5.11 Å². The van der Waals surface area contributed by atoms with Crippen molar-refractivity contribution in [2.45, 2.75) is 83.5 Å². The summed E-state index contributed by atoms with van der Waals surface area (Å²) >= 11 is 0. The maximum atomic E-state index is 10.8. The van der Waals surface area contributed by atoms with Gasteiger partial charge in [0.05, 0.1) is 17.8 Å². The highest BCUT2D eigenvalue weighted by Gasteiger charge is 2.42. The van der Waals surface area contributed by atoms with Gasteiger partial charge in [-0.05, 0) is 44.4 Å². The molecule has 0 bridgehead atoms. The fraction of sp³-hybridized carbons (Fsp3) is 1.00. The van der Waals surface area contributed by atoms with Gasteiger partial charge in [0.2, 0.25) is 0 Å². The summed E-state index contributed by atoms with van der Waals surface area (Å²) in [6.07, 6.45) is 7.86. The molecule has 20 heavy (non-hydrogen) atoms. The molecule has 118 valence electrons. The van der Waals surface area contributed by atoms with Crippen LogP contribution in [0.4, 0.5) is 0 Å². The molecule has 3 heteroatoms. The van der Waals surface area contributed by atoms with E-state index in [0.29, 0.717) is 18.4 Å². The molecular weight excluding hydrogens is 252 g/mol. The second-order valence-electron chi connectivity index (χ2n) is 7.00. The van der Waals surface area contributed by atoms with Gasteiger partial charge in [0.1, 0.15) is 0 Å². The standard InChI is InChI=1S/C17H32O3/c1-4-19-16(13(2)3)15(18)14-8-11-20-17(12-14)9-6-5-7-10-17/h13-16,18H,4-12H2,1-3H3. The van der Waals surface area contributed by atoms with Gasteiger partial charge in [0.15, 0.2) is 0 Å². The van der Waals surface area contributed by atoms with Crippen LogP contribution in [-0.2, 0) is 9.47 Å². The first kappa shape index (κ1) is 16.3. The lowest BCUT2D eigenvalue weighted by Crippen LogP contribution is -2.48. The lowest BCUT2D eigenvalue weighted by atomic mass is 9.73. The van der Waals surface area contributed by atoms with Crippen LogP contribution in [0.2, 0.25) is 0 Å². The summed E-state index contributed by atoms with van der Waals surface area (Å²) in [5.74, 6) is 0.691. The molecule has 0 aromatic rings. The van der Waals surface area contributed by atoms with Crippen molar-refractivity contribution in [3.8, 4) is 0 Å². The molecule has 0 aromatic carbocycles. The Bertz CT molecular complexity index is 278. The van der Waals surface area contributed by atoms with E-state index in [4.69, 9.17) is 9.47 Å². The molecule has 1 saturated carbocycles. The fourth-order valence-electron chi connectivity index (χ4n) is 4.05. The van der Waals surface area contributed by atoms with Crippen LogP contribution in [0.15, 0.2) is 0 Å². The van der Waals surface area contributed by atoms with Crippen molar-refractivity contribution in [3.63, 3.8) is 0 Å². The zero-order valence-electron chi connectivity index (χ0n) is 13.4. The van der Waals surface area contributed by atoms with E-state index < -0.39 is 0 Å². The zero-order valence-corrected chi connectivity index (χ0v) is 13.4. The number of rotatable bonds is 5. The lowest BCUT2D eigenvalue weighted by Gasteiger charge is -2.46. The second-order valence-corrected chi connectivity index (χ2v) is 7.00. The predicted molar refractivity (Wildman–Crippen MR) is 80.8 cm³/mol. The fourth-order valence-corrected chi connectivity index (χ4v) is 4.05. The normalized spacial score (nSPS) is 29.6. The Morgan fingerprint density at radius 3 is 2.55 bits per heavy atom. The second kappa shape index (κ2) is 7.24. The number of hydrogen-bond acceptors (Lipinski definition) is 3. The quantitative estimate of drug-likeness (QED) is 0.839. The molecule has 2 aliphatic rings. The third-order valence-corrected chi connectivity index (χ3v) is 5.13. The lowest BCUT2D eigenvalue weighted by molar-refractivity contribution is -0.156. The molecule has 1 aliphatic heterocycles. The first-order valence-corrected chi connectivity index (χ1v) is 8.51. The van der Waals surface area contributed by atoms with Crippen LogP contribution in [0.3, 0.4) is 0 Å². The van der Waals surface area contributed by atoms with E-state index in [0.717, 1.165) is 19.4 Å². The van der Waals surface area contributed by atoms with Gasteiger partial charge >= 0.3 is 0 Å². The molecular formula is C17H32O3. The van der Waals surface area contributed by atoms with E-state index in [1.807, 2.05) is 6.92 Å². The van der Waals surface area contributed by atoms with Crippen molar-refractivity contribution in [2.75, 3.05) is 13.2 Å². The Hall–Kier alpha value is -0.120. The van der Waals surface area contributed by atoms with Crippen molar-refractivity contribution < 1.29 is 14.6 Å². The summed E-state index contributed by atoms with van der Waals surface area (Å²) in [5.41, 5.74) is 0.0654. The first-order valence-electron chi connectivity index (χ1n) is 8.51. The maximum Gasteiger partial charge on any atom is 0.0859 e. The minimum Gasteiger partial charge on any atom is -0.390 e. The molecule has 0 amide bonds. The SMILES string of the molecule is CCOC(C(C)C)C(O)C1CCOC2(CCCCC2)C1. The van der Waals surface area contributed by atoms with Crippen molar-refractivity contribution in [1.82, 2.24) is 0 Å². The third kappa shape index (κ3) is 3.75. The largest absolute Gasteiger partial charge is 0.390 e. The maximum absolute atomic E-state index is 10.8. The summed E-state index contributed by atoms with van der Waals surface area (Å²) in [4.78, 5) is 0. The van der Waals surface area contributed by atoms with Crippen LogP contribution in [0, 0.1) is 11.8 Å².